The number of aliphatic hydroxyl groups excluding tert-OH is 1. The molecule has 1 heterocycles. The lowest BCUT2D eigenvalue weighted by Crippen LogP contribution is -2.29. The van der Waals surface area contributed by atoms with Crippen molar-refractivity contribution in [2.24, 2.45) is 5.92 Å². The third-order valence-electron chi connectivity index (χ3n) is 3.99. The van der Waals surface area contributed by atoms with Crippen LogP contribution in [0.5, 0.6) is 0 Å². The van der Waals surface area contributed by atoms with E-state index in [2.05, 4.69) is 0 Å². The number of nitrogens with zero attached hydrogens (tertiary/aromatic N) is 1. The van der Waals surface area contributed by atoms with Crippen molar-refractivity contribution in [1.82, 2.24) is 4.90 Å². The molecule has 0 radical (unpaired) electrons. The molecule has 3 nitrogen and oxygen atoms in total. The van der Waals surface area contributed by atoms with Crippen molar-refractivity contribution >= 4 is 5.91 Å². The molecule has 0 spiro atoms. The molecule has 1 saturated carbocycles. The number of rotatable bonds is 4. The van der Waals surface area contributed by atoms with Gasteiger partial charge in [-0.15, -0.1) is 0 Å². The Morgan fingerprint density at radius 3 is 2.62 bits per heavy atom. The number of amides is 1. The van der Waals surface area contributed by atoms with Crippen LogP contribution >= 0.6 is 0 Å². The van der Waals surface area contributed by atoms with Crippen LogP contribution in [0.3, 0.4) is 0 Å². The molecule has 0 aromatic rings. The van der Waals surface area contributed by atoms with Gasteiger partial charge >= 0.3 is 0 Å². The Balaban J connectivity index is 1.60. The van der Waals surface area contributed by atoms with Crippen molar-refractivity contribution in [2.45, 2.75) is 57.5 Å². The smallest absolute Gasteiger partial charge is 0.222 e. The molecule has 2 fully saturated rings. The number of hydrogen-bond donors (Lipinski definition) is 1. The molecule has 1 aliphatic heterocycles. The van der Waals surface area contributed by atoms with Crippen molar-refractivity contribution in [3.8, 4) is 0 Å². The maximum absolute atomic E-state index is 11.8. The minimum atomic E-state index is -0.279. The summed E-state index contributed by atoms with van der Waals surface area (Å²) in [6.45, 7) is 1.31. The standard InChI is InChI=1S/C13H23NO2/c15-12-8-9-14(10-12)13(16)7-3-6-11-4-1-2-5-11/h11-12,15H,1-10H2/t12-/m1/s1. The van der Waals surface area contributed by atoms with Gasteiger partial charge in [-0.25, -0.2) is 0 Å². The van der Waals surface area contributed by atoms with Crippen molar-refractivity contribution in [2.75, 3.05) is 13.1 Å². The van der Waals surface area contributed by atoms with Gasteiger partial charge in [-0.1, -0.05) is 25.7 Å². The van der Waals surface area contributed by atoms with Crippen LogP contribution in [0.4, 0.5) is 0 Å². The topological polar surface area (TPSA) is 40.5 Å². The van der Waals surface area contributed by atoms with Gasteiger partial charge in [0.15, 0.2) is 0 Å². The van der Waals surface area contributed by atoms with E-state index in [1.165, 1.54) is 32.1 Å². The lowest BCUT2D eigenvalue weighted by Gasteiger charge is -2.16. The van der Waals surface area contributed by atoms with Crippen molar-refractivity contribution in [1.29, 1.82) is 0 Å². The van der Waals surface area contributed by atoms with Crippen LogP contribution in [0.15, 0.2) is 0 Å². The summed E-state index contributed by atoms with van der Waals surface area (Å²) in [5.41, 5.74) is 0. The minimum absolute atomic E-state index is 0.245. The summed E-state index contributed by atoms with van der Waals surface area (Å²) < 4.78 is 0. The second-order valence-corrected chi connectivity index (χ2v) is 5.32. The number of β-amino-alcohol motifs (C(OH)–C–C–N with tert-alkyl or cyclic N) is 1. The van der Waals surface area contributed by atoms with Gasteiger partial charge in [0, 0.05) is 19.5 Å². The number of carbonyl (C=O) groups excluding carboxylic acids is 1. The van der Waals surface area contributed by atoms with Gasteiger partial charge in [-0.3, -0.25) is 4.79 Å². The molecule has 0 bridgehead atoms. The quantitative estimate of drug-likeness (QED) is 0.794. The number of carbonyl (C=O) groups is 1. The average molecular weight is 225 g/mol. The highest BCUT2D eigenvalue weighted by Crippen LogP contribution is 2.29. The maximum atomic E-state index is 11.8. The number of aliphatic hydroxyl groups is 1. The fourth-order valence-corrected chi connectivity index (χ4v) is 2.97. The van der Waals surface area contributed by atoms with E-state index in [1.807, 2.05) is 4.90 Å². The predicted molar refractivity (Wildman–Crippen MR) is 63.0 cm³/mol. The fourth-order valence-electron chi connectivity index (χ4n) is 2.97. The first kappa shape index (κ1) is 11.9. The monoisotopic (exact) mass is 225 g/mol. The van der Waals surface area contributed by atoms with Crippen LogP contribution in [-0.4, -0.2) is 35.1 Å². The number of likely N-dealkylation sites (tertiary alicyclic amines) is 1. The first-order chi connectivity index (χ1) is 7.75. The molecule has 2 rings (SSSR count). The Morgan fingerprint density at radius 1 is 1.25 bits per heavy atom. The molecule has 1 saturated heterocycles. The van der Waals surface area contributed by atoms with Gasteiger partial charge in [-0.2, -0.15) is 0 Å². The molecule has 0 aromatic heterocycles. The summed E-state index contributed by atoms with van der Waals surface area (Å²) in [5.74, 6) is 1.13. The maximum Gasteiger partial charge on any atom is 0.222 e. The molecule has 1 atom stereocenters. The van der Waals surface area contributed by atoms with Gasteiger partial charge in [0.25, 0.3) is 0 Å². The van der Waals surface area contributed by atoms with Crippen LogP contribution < -0.4 is 0 Å². The zero-order chi connectivity index (χ0) is 11.4. The highest BCUT2D eigenvalue weighted by Gasteiger charge is 2.24. The Hall–Kier alpha value is -0.570. The molecule has 0 unspecified atom stereocenters. The lowest BCUT2D eigenvalue weighted by atomic mass is 10.0. The van der Waals surface area contributed by atoms with Crippen LogP contribution in [-0.2, 0) is 4.79 Å². The van der Waals surface area contributed by atoms with E-state index in [9.17, 15) is 9.90 Å². The van der Waals surface area contributed by atoms with E-state index in [0.717, 1.165) is 25.3 Å². The fraction of sp³-hybridized carbons (Fsp3) is 0.923. The van der Waals surface area contributed by atoms with E-state index in [-0.39, 0.29) is 12.0 Å². The van der Waals surface area contributed by atoms with Crippen molar-refractivity contribution < 1.29 is 9.90 Å². The molecule has 16 heavy (non-hydrogen) atoms. The van der Waals surface area contributed by atoms with Crippen molar-refractivity contribution in [3.05, 3.63) is 0 Å². The van der Waals surface area contributed by atoms with E-state index in [4.69, 9.17) is 0 Å². The summed E-state index contributed by atoms with van der Waals surface area (Å²) in [4.78, 5) is 13.6. The predicted octanol–water partition coefficient (Wildman–Crippen LogP) is 1.94. The molecular weight excluding hydrogens is 202 g/mol. The summed E-state index contributed by atoms with van der Waals surface area (Å²) in [5, 5.41) is 9.35. The Kier molecular flexibility index (Phi) is 4.22. The van der Waals surface area contributed by atoms with Gasteiger partial charge in [0.2, 0.25) is 5.91 Å². The van der Waals surface area contributed by atoms with Crippen LogP contribution in [0.2, 0.25) is 0 Å². The van der Waals surface area contributed by atoms with E-state index in [1.54, 1.807) is 0 Å². The SMILES string of the molecule is O=C(CCCC1CCCC1)N1CC[C@@H](O)C1. The summed E-state index contributed by atoms with van der Waals surface area (Å²) in [7, 11) is 0. The van der Waals surface area contributed by atoms with Crippen molar-refractivity contribution in [3.63, 3.8) is 0 Å². The van der Waals surface area contributed by atoms with Crippen LogP contribution in [0, 0.1) is 5.92 Å². The largest absolute Gasteiger partial charge is 0.391 e. The van der Waals surface area contributed by atoms with Crippen LogP contribution in [0.25, 0.3) is 0 Å². The molecule has 1 amide bonds. The van der Waals surface area contributed by atoms with E-state index >= 15 is 0 Å². The van der Waals surface area contributed by atoms with Gasteiger partial charge in [0.1, 0.15) is 0 Å². The van der Waals surface area contributed by atoms with E-state index < -0.39 is 0 Å². The first-order valence-electron chi connectivity index (χ1n) is 6.71. The van der Waals surface area contributed by atoms with Crippen LogP contribution in [0.1, 0.15) is 51.4 Å². The Bertz CT molecular complexity index is 236. The summed E-state index contributed by atoms with van der Waals surface area (Å²) in [6, 6.07) is 0. The summed E-state index contributed by atoms with van der Waals surface area (Å²) >= 11 is 0. The molecule has 1 aliphatic carbocycles. The van der Waals surface area contributed by atoms with Gasteiger partial charge in [-0.05, 0) is 25.2 Å². The third kappa shape index (κ3) is 3.21. The molecule has 0 aromatic carbocycles. The zero-order valence-corrected chi connectivity index (χ0v) is 10.0. The third-order valence-corrected chi connectivity index (χ3v) is 3.99. The van der Waals surface area contributed by atoms with Gasteiger partial charge < -0.3 is 10.0 Å². The van der Waals surface area contributed by atoms with Gasteiger partial charge in [0.05, 0.1) is 6.10 Å². The second kappa shape index (κ2) is 5.67. The minimum Gasteiger partial charge on any atom is -0.391 e. The Labute approximate surface area is 97.8 Å². The highest BCUT2D eigenvalue weighted by atomic mass is 16.3. The zero-order valence-electron chi connectivity index (χ0n) is 10.0. The summed E-state index contributed by atoms with van der Waals surface area (Å²) in [6.07, 6.45) is 8.94. The number of hydrogen-bond acceptors (Lipinski definition) is 2. The Morgan fingerprint density at radius 2 is 2.00 bits per heavy atom. The lowest BCUT2D eigenvalue weighted by molar-refractivity contribution is -0.130. The molecule has 3 heteroatoms. The first-order valence-corrected chi connectivity index (χ1v) is 6.71. The normalized spacial score (nSPS) is 26.6. The molecule has 1 N–H and O–H groups in total. The second-order valence-electron chi connectivity index (χ2n) is 5.32. The van der Waals surface area contributed by atoms with E-state index in [0.29, 0.717) is 13.0 Å². The molecule has 2 aliphatic rings. The average Bonchev–Trinajstić information content (AvgIpc) is 2.89. The highest BCUT2D eigenvalue weighted by molar-refractivity contribution is 5.76. The molecule has 92 valence electrons. The molecular formula is C13H23NO2.